The number of rotatable bonds is 7. The van der Waals surface area contributed by atoms with Gasteiger partial charge in [-0.3, -0.25) is 9.89 Å². The van der Waals surface area contributed by atoms with E-state index < -0.39 is 0 Å². The van der Waals surface area contributed by atoms with Crippen LogP contribution in [0.15, 0.2) is 6.20 Å². The van der Waals surface area contributed by atoms with Crippen LogP contribution in [0.1, 0.15) is 27.2 Å². The number of carbonyl (C=O) groups is 1. The zero-order chi connectivity index (χ0) is 15.2. The Labute approximate surface area is 123 Å². The van der Waals surface area contributed by atoms with Crippen molar-refractivity contribution in [2.24, 2.45) is 0 Å². The second-order valence-corrected chi connectivity index (χ2v) is 4.96. The Morgan fingerprint density at radius 3 is 2.86 bits per heavy atom. The standard InChI is InChI=1S/C13H21N7O/c1-4-14-13-18-11(9-7-16-20-12(9)19-13)15-6-5-10(21)17-8(2)3/h7-8H,4-6H2,1-3H3,(H,17,21)(H3,14,15,16,18,19,20). The van der Waals surface area contributed by atoms with Crippen molar-refractivity contribution in [3.8, 4) is 0 Å². The van der Waals surface area contributed by atoms with Gasteiger partial charge in [-0.2, -0.15) is 15.1 Å². The van der Waals surface area contributed by atoms with Crippen LogP contribution in [0.3, 0.4) is 0 Å². The maximum atomic E-state index is 11.6. The van der Waals surface area contributed by atoms with Gasteiger partial charge in [-0.05, 0) is 20.8 Å². The lowest BCUT2D eigenvalue weighted by Crippen LogP contribution is -2.31. The number of H-pyrrole nitrogens is 1. The lowest BCUT2D eigenvalue weighted by atomic mass is 10.3. The van der Waals surface area contributed by atoms with Crippen LogP contribution in [-0.2, 0) is 4.79 Å². The number of aromatic nitrogens is 4. The Morgan fingerprint density at radius 2 is 2.14 bits per heavy atom. The molecule has 2 aromatic heterocycles. The molecule has 0 saturated heterocycles. The summed E-state index contributed by atoms with van der Waals surface area (Å²) < 4.78 is 0. The molecule has 0 radical (unpaired) electrons. The third-order valence-corrected chi connectivity index (χ3v) is 2.74. The summed E-state index contributed by atoms with van der Waals surface area (Å²) in [4.78, 5) is 20.3. The fraction of sp³-hybridized carbons (Fsp3) is 0.538. The minimum atomic E-state index is 0.0156. The second-order valence-electron chi connectivity index (χ2n) is 4.96. The fourth-order valence-corrected chi connectivity index (χ4v) is 1.90. The highest BCUT2D eigenvalue weighted by Crippen LogP contribution is 2.19. The number of fused-ring (bicyclic) bond motifs is 1. The van der Waals surface area contributed by atoms with Crippen molar-refractivity contribution < 1.29 is 4.79 Å². The second kappa shape index (κ2) is 6.87. The Kier molecular flexibility index (Phi) is 4.91. The van der Waals surface area contributed by atoms with Gasteiger partial charge in [0.25, 0.3) is 0 Å². The summed E-state index contributed by atoms with van der Waals surface area (Å²) in [5.41, 5.74) is 0.662. The monoisotopic (exact) mass is 291 g/mol. The molecule has 0 fully saturated rings. The van der Waals surface area contributed by atoms with Gasteiger partial charge in [0, 0.05) is 25.6 Å². The number of hydrogen-bond acceptors (Lipinski definition) is 6. The average molecular weight is 291 g/mol. The molecule has 2 heterocycles. The van der Waals surface area contributed by atoms with E-state index in [0.29, 0.717) is 30.4 Å². The SMILES string of the molecule is CCNc1nc(NCCC(=O)NC(C)C)c2cn[nH]c2n1. The van der Waals surface area contributed by atoms with Gasteiger partial charge in [0.2, 0.25) is 11.9 Å². The third kappa shape index (κ3) is 4.04. The van der Waals surface area contributed by atoms with Crippen molar-refractivity contribution in [2.45, 2.75) is 33.2 Å². The van der Waals surface area contributed by atoms with E-state index in [0.717, 1.165) is 11.9 Å². The Hall–Kier alpha value is -2.38. The molecule has 0 aliphatic rings. The van der Waals surface area contributed by atoms with Crippen molar-refractivity contribution in [1.29, 1.82) is 0 Å². The lowest BCUT2D eigenvalue weighted by molar-refractivity contribution is -0.121. The van der Waals surface area contributed by atoms with Crippen LogP contribution in [0.4, 0.5) is 11.8 Å². The Balaban J connectivity index is 2.03. The number of aromatic amines is 1. The molecule has 1 amide bonds. The summed E-state index contributed by atoms with van der Waals surface area (Å²) in [7, 11) is 0. The number of amides is 1. The largest absolute Gasteiger partial charge is 0.369 e. The summed E-state index contributed by atoms with van der Waals surface area (Å²) in [6.45, 7) is 7.09. The molecule has 0 aromatic carbocycles. The molecule has 2 aromatic rings. The molecule has 0 spiro atoms. The number of carbonyl (C=O) groups excluding carboxylic acids is 1. The molecule has 114 valence electrons. The predicted molar refractivity (Wildman–Crippen MR) is 82.2 cm³/mol. The van der Waals surface area contributed by atoms with E-state index in [1.165, 1.54) is 0 Å². The molecule has 0 aliphatic heterocycles. The van der Waals surface area contributed by atoms with Gasteiger partial charge in [0.15, 0.2) is 5.65 Å². The number of anilines is 2. The Bertz CT molecular complexity index is 608. The molecular weight excluding hydrogens is 270 g/mol. The van der Waals surface area contributed by atoms with Crippen molar-refractivity contribution in [1.82, 2.24) is 25.5 Å². The van der Waals surface area contributed by atoms with E-state index >= 15 is 0 Å². The van der Waals surface area contributed by atoms with E-state index in [4.69, 9.17) is 0 Å². The third-order valence-electron chi connectivity index (χ3n) is 2.74. The first-order chi connectivity index (χ1) is 10.1. The van der Waals surface area contributed by atoms with Gasteiger partial charge < -0.3 is 16.0 Å². The number of nitrogens with zero attached hydrogens (tertiary/aromatic N) is 3. The minimum Gasteiger partial charge on any atom is -0.369 e. The van der Waals surface area contributed by atoms with Crippen LogP contribution in [0.5, 0.6) is 0 Å². The van der Waals surface area contributed by atoms with Crippen molar-refractivity contribution >= 4 is 28.7 Å². The van der Waals surface area contributed by atoms with Crippen LogP contribution < -0.4 is 16.0 Å². The summed E-state index contributed by atoms with van der Waals surface area (Å²) in [6, 6.07) is 0.150. The van der Waals surface area contributed by atoms with Crippen LogP contribution in [0.25, 0.3) is 11.0 Å². The van der Waals surface area contributed by atoms with Crippen LogP contribution in [0, 0.1) is 0 Å². The lowest BCUT2D eigenvalue weighted by Gasteiger charge is -2.10. The van der Waals surface area contributed by atoms with Gasteiger partial charge in [0.1, 0.15) is 5.82 Å². The molecule has 0 unspecified atom stereocenters. The molecular formula is C13H21N7O. The van der Waals surface area contributed by atoms with Crippen LogP contribution >= 0.6 is 0 Å². The average Bonchev–Trinajstić information content (AvgIpc) is 2.86. The smallest absolute Gasteiger partial charge is 0.226 e. The van der Waals surface area contributed by atoms with Gasteiger partial charge in [0.05, 0.1) is 11.6 Å². The molecule has 0 atom stereocenters. The zero-order valence-electron chi connectivity index (χ0n) is 12.5. The predicted octanol–water partition coefficient (Wildman–Crippen LogP) is 1.11. The summed E-state index contributed by atoms with van der Waals surface area (Å²) in [6.07, 6.45) is 2.06. The van der Waals surface area contributed by atoms with Crippen LogP contribution in [-0.4, -0.2) is 45.2 Å². The molecule has 8 heteroatoms. The van der Waals surface area contributed by atoms with E-state index in [1.807, 2.05) is 20.8 Å². The highest BCUT2D eigenvalue weighted by molar-refractivity contribution is 5.87. The van der Waals surface area contributed by atoms with Crippen molar-refractivity contribution in [3.63, 3.8) is 0 Å². The molecule has 21 heavy (non-hydrogen) atoms. The fourth-order valence-electron chi connectivity index (χ4n) is 1.90. The normalized spacial score (nSPS) is 10.9. The van der Waals surface area contributed by atoms with Gasteiger partial charge in [-0.15, -0.1) is 0 Å². The van der Waals surface area contributed by atoms with E-state index in [1.54, 1.807) is 6.20 Å². The van der Waals surface area contributed by atoms with Crippen molar-refractivity contribution in [3.05, 3.63) is 6.20 Å². The van der Waals surface area contributed by atoms with E-state index in [9.17, 15) is 4.79 Å². The summed E-state index contributed by atoms with van der Waals surface area (Å²) in [5, 5.41) is 16.7. The molecule has 4 N–H and O–H groups in total. The maximum Gasteiger partial charge on any atom is 0.226 e. The highest BCUT2D eigenvalue weighted by Gasteiger charge is 2.09. The first-order valence-electron chi connectivity index (χ1n) is 7.08. The summed E-state index contributed by atoms with van der Waals surface area (Å²) >= 11 is 0. The van der Waals surface area contributed by atoms with Gasteiger partial charge >= 0.3 is 0 Å². The van der Waals surface area contributed by atoms with E-state index in [-0.39, 0.29) is 11.9 Å². The number of hydrogen-bond donors (Lipinski definition) is 4. The highest BCUT2D eigenvalue weighted by atomic mass is 16.1. The molecule has 0 saturated carbocycles. The van der Waals surface area contributed by atoms with Gasteiger partial charge in [-0.25, -0.2) is 0 Å². The number of nitrogens with one attached hydrogen (secondary N) is 4. The minimum absolute atomic E-state index is 0.0156. The molecule has 2 rings (SSSR count). The first kappa shape index (κ1) is 15.0. The quantitative estimate of drug-likeness (QED) is 0.608. The molecule has 8 nitrogen and oxygen atoms in total. The summed E-state index contributed by atoms with van der Waals surface area (Å²) in [5.74, 6) is 1.22. The van der Waals surface area contributed by atoms with Gasteiger partial charge in [-0.1, -0.05) is 0 Å². The molecule has 0 bridgehead atoms. The van der Waals surface area contributed by atoms with Crippen LogP contribution in [0.2, 0.25) is 0 Å². The Morgan fingerprint density at radius 1 is 1.33 bits per heavy atom. The first-order valence-corrected chi connectivity index (χ1v) is 7.08. The topological polar surface area (TPSA) is 108 Å². The molecule has 0 aliphatic carbocycles. The van der Waals surface area contributed by atoms with Crippen molar-refractivity contribution in [2.75, 3.05) is 23.7 Å². The van der Waals surface area contributed by atoms with E-state index in [2.05, 4.69) is 36.1 Å². The maximum absolute atomic E-state index is 11.6. The zero-order valence-corrected chi connectivity index (χ0v) is 12.5.